The molecule has 0 aliphatic heterocycles. The number of nitrogens with zero attached hydrogens (tertiary/aromatic N) is 2. The van der Waals surface area contributed by atoms with Gasteiger partial charge in [-0.3, -0.25) is 19.9 Å². The number of carbonyl (C=O) groups excluding carboxylic acids is 1. The van der Waals surface area contributed by atoms with Crippen molar-refractivity contribution in [1.29, 1.82) is 0 Å². The van der Waals surface area contributed by atoms with E-state index in [1.807, 2.05) is 30.3 Å². The van der Waals surface area contributed by atoms with Crippen molar-refractivity contribution in [2.75, 3.05) is 24.9 Å². The molecule has 9 nitrogen and oxygen atoms in total. The van der Waals surface area contributed by atoms with Gasteiger partial charge in [-0.25, -0.2) is 0 Å². The van der Waals surface area contributed by atoms with Gasteiger partial charge >= 0.3 is 0 Å². The smallest absolute Gasteiger partial charge is 0.282 e. The summed E-state index contributed by atoms with van der Waals surface area (Å²) in [6.07, 6.45) is 3.95. The van der Waals surface area contributed by atoms with Crippen LogP contribution in [0.2, 0.25) is 0 Å². The first kappa shape index (κ1) is 24.1. The maximum atomic E-state index is 12.9. The molecule has 0 saturated carbocycles. The van der Waals surface area contributed by atoms with Gasteiger partial charge in [0.2, 0.25) is 0 Å². The van der Waals surface area contributed by atoms with Gasteiger partial charge in [0.25, 0.3) is 11.6 Å². The SMILES string of the molecule is COc1ccc(Nc2c3c(nc4ccc(NC(=O)c5ccccc5[N+](=O)[O-])cc24)CCCC3)cc1OC. The van der Waals surface area contributed by atoms with Crippen molar-refractivity contribution < 1.29 is 19.2 Å². The van der Waals surface area contributed by atoms with Gasteiger partial charge in [-0.2, -0.15) is 0 Å². The first-order valence-corrected chi connectivity index (χ1v) is 12.0. The molecule has 1 aliphatic rings. The van der Waals surface area contributed by atoms with E-state index in [0.29, 0.717) is 17.2 Å². The lowest BCUT2D eigenvalue weighted by Crippen LogP contribution is -2.14. The molecule has 1 amide bonds. The Morgan fingerprint density at radius 2 is 1.70 bits per heavy atom. The van der Waals surface area contributed by atoms with Crippen LogP contribution < -0.4 is 20.1 Å². The third kappa shape index (κ3) is 4.75. The number of nitro benzene ring substituents is 1. The Balaban J connectivity index is 1.56. The zero-order valence-corrected chi connectivity index (χ0v) is 20.5. The van der Waals surface area contributed by atoms with Gasteiger partial charge in [-0.05, 0) is 67.6 Å². The highest BCUT2D eigenvalue weighted by Gasteiger charge is 2.22. The summed E-state index contributed by atoms with van der Waals surface area (Å²) in [6, 6.07) is 17.0. The van der Waals surface area contributed by atoms with Crippen molar-refractivity contribution in [3.8, 4) is 11.5 Å². The van der Waals surface area contributed by atoms with Crippen LogP contribution in [-0.2, 0) is 12.8 Å². The number of methoxy groups -OCH3 is 2. The molecule has 1 aliphatic carbocycles. The van der Waals surface area contributed by atoms with Crippen LogP contribution in [0.3, 0.4) is 0 Å². The fraction of sp³-hybridized carbons (Fsp3) is 0.214. The van der Waals surface area contributed by atoms with E-state index in [0.717, 1.165) is 59.2 Å². The van der Waals surface area contributed by atoms with Gasteiger partial charge in [0, 0.05) is 34.6 Å². The number of para-hydroxylation sites is 1. The largest absolute Gasteiger partial charge is 0.493 e. The summed E-state index contributed by atoms with van der Waals surface area (Å²) in [7, 11) is 3.19. The van der Waals surface area contributed by atoms with Crippen LogP contribution in [0.15, 0.2) is 60.7 Å². The molecule has 3 aromatic carbocycles. The second kappa shape index (κ2) is 10.1. The minimum absolute atomic E-state index is 0.000149. The maximum Gasteiger partial charge on any atom is 0.282 e. The standard InChI is InChI=1S/C28H26N4O5/c1-36-25-14-12-18(16-26(25)37-2)29-27-19-7-3-5-9-22(19)31-23-13-11-17(15-21(23)27)30-28(33)20-8-4-6-10-24(20)32(34)35/h4,6,8,10-16H,3,5,7,9H2,1-2H3,(H,29,31)(H,30,33). The fourth-order valence-electron chi connectivity index (χ4n) is 4.73. The van der Waals surface area contributed by atoms with Gasteiger partial charge < -0.3 is 20.1 Å². The van der Waals surface area contributed by atoms with Crippen molar-refractivity contribution in [2.24, 2.45) is 0 Å². The number of benzene rings is 3. The Hall–Kier alpha value is -4.66. The predicted molar refractivity (Wildman–Crippen MR) is 142 cm³/mol. The molecule has 0 fully saturated rings. The van der Waals surface area contributed by atoms with E-state index in [4.69, 9.17) is 14.5 Å². The summed E-state index contributed by atoms with van der Waals surface area (Å²) in [5, 5.41) is 18.6. The molecule has 0 atom stereocenters. The number of ether oxygens (including phenoxy) is 2. The number of nitro groups is 1. The average Bonchev–Trinajstić information content (AvgIpc) is 2.93. The van der Waals surface area contributed by atoms with Crippen molar-refractivity contribution in [2.45, 2.75) is 25.7 Å². The second-order valence-corrected chi connectivity index (χ2v) is 8.77. The lowest BCUT2D eigenvalue weighted by Gasteiger charge is -2.22. The summed E-state index contributed by atoms with van der Waals surface area (Å²) < 4.78 is 10.8. The Labute approximate surface area is 213 Å². The minimum atomic E-state index is -0.559. The molecule has 0 saturated heterocycles. The Morgan fingerprint density at radius 1 is 0.946 bits per heavy atom. The van der Waals surface area contributed by atoms with Crippen molar-refractivity contribution in [3.05, 3.63) is 87.6 Å². The highest BCUT2D eigenvalue weighted by molar-refractivity contribution is 6.08. The topological polar surface area (TPSA) is 116 Å². The molecule has 1 aromatic heterocycles. The molecule has 0 bridgehead atoms. The van der Waals surface area contributed by atoms with E-state index < -0.39 is 10.8 Å². The zero-order chi connectivity index (χ0) is 25.9. The van der Waals surface area contributed by atoms with Crippen LogP contribution >= 0.6 is 0 Å². The van der Waals surface area contributed by atoms with Gasteiger partial charge in [0.05, 0.1) is 30.3 Å². The van der Waals surface area contributed by atoms with Crippen molar-refractivity contribution in [1.82, 2.24) is 4.98 Å². The number of hydrogen-bond acceptors (Lipinski definition) is 7. The van der Waals surface area contributed by atoms with Crippen LogP contribution in [-0.4, -0.2) is 30.0 Å². The number of nitrogens with one attached hydrogen (secondary N) is 2. The van der Waals surface area contributed by atoms with E-state index >= 15 is 0 Å². The van der Waals surface area contributed by atoms with E-state index in [9.17, 15) is 14.9 Å². The molecule has 0 radical (unpaired) electrons. The molecule has 188 valence electrons. The lowest BCUT2D eigenvalue weighted by atomic mass is 9.92. The van der Waals surface area contributed by atoms with E-state index in [1.54, 1.807) is 26.4 Å². The molecule has 2 N–H and O–H groups in total. The number of aryl methyl sites for hydroxylation is 1. The number of fused-ring (bicyclic) bond motifs is 2. The summed E-state index contributed by atoms with van der Waals surface area (Å²) in [6.45, 7) is 0. The number of carbonyl (C=O) groups is 1. The van der Waals surface area contributed by atoms with Crippen LogP contribution in [0.5, 0.6) is 11.5 Å². The van der Waals surface area contributed by atoms with E-state index in [2.05, 4.69) is 10.6 Å². The van der Waals surface area contributed by atoms with Gasteiger partial charge in [-0.15, -0.1) is 0 Å². The monoisotopic (exact) mass is 498 g/mol. The van der Waals surface area contributed by atoms with Crippen LogP contribution in [0.4, 0.5) is 22.7 Å². The number of rotatable bonds is 7. The summed E-state index contributed by atoms with van der Waals surface area (Å²) in [4.78, 5) is 28.7. The van der Waals surface area contributed by atoms with Crippen molar-refractivity contribution >= 4 is 39.6 Å². The normalized spacial score (nSPS) is 12.5. The highest BCUT2D eigenvalue weighted by Crippen LogP contribution is 2.38. The number of pyridine rings is 1. The number of amides is 1. The predicted octanol–water partition coefficient (Wildman–Crippen LogP) is 6.03. The lowest BCUT2D eigenvalue weighted by molar-refractivity contribution is -0.385. The Kier molecular flexibility index (Phi) is 6.59. The van der Waals surface area contributed by atoms with Gasteiger partial charge in [0.15, 0.2) is 11.5 Å². The van der Waals surface area contributed by atoms with E-state index in [-0.39, 0.29) is 11.3 Å². The first-order chi connectivity index (χ1) is 18.0. The summed E-state index contributed by atoms with van der Waals surface area (Å²) in [5.41, 5.74) is 5.04. The molecular formula is C28H26N4O5. The maximum absolute atomic E-state index is 12.9. The number of aromatic nitrogens is 1. The first-order valence-electron chi connectivity index (χ1n) is 12.0. The van der Waals surface area contributed by atoms with E-state index in [1.165, 1.54) is 18.2 Å². The third-order valence-electron chi connectivity index (χ3n) is 6.52. The summed E-state index contributed by atoms with van der Waals surface area (Å²) >= 11 is 0. The minimum Gasteiger partial charge on any atom is -0.493 e. The Morgan fingerprint density at radius 3 is 2.49 bits per heavy atom. The third-order valence-corrected chi connectivity index (χ3v) is 6.52. The second-order valence-electron chi connectivity index (χ2n) is 8.77. The molecule has 9 heteroatoms. The average molecular weight is 499 g/mol. The Bertz CT molecular complexity index is 1520. The van der Waals surface area contributed by atoms with Crippen LogP contribution in [0.1, 0.15) is 34.5 Å². The molecule has 0 spiro atoms. The molecule has 5 rings (SSSR count). The van der Waals surface area contributed by atoms with Crippen LogP contribution in [0.25, 0.3) is 10.9 Å². The number of hydrogen-bond donors (Lipinski definition) is 2. The van der Waals surface area contributed by atoms with Crippen LogP contribution in [0, 0.1) is 10.1 Å². The molecular weight excluding hydrogens is 472 g/mol. The fourth-order valence-corrected chi connectivity index (χ4v) is 4.73. The number of anilines is 3. The van der Waals surface area contributed by atoms with Gasteiger partial charge in [-0.1, -0.05) is 12.1 Å². The quantitative estimate of drug-likeness (QED) is 0.236. The summed E-state index contributed by atoms with van der Waals surface area (Å²) in [5.74, 6) is 0.693. The van der Waals surface area contributed by atoms with Crippen molar-refractivity contribution in [3.63, 3.8) is 0 Å². The molecule has 37 heavy (non-hydrogen) atoms. The zero-order valence-electron chi connectivity index (χ0n) is 20.5. The highest BCUT2D eigenvalue weighted by atomic mass is 16.6. The van der Waals surface area contributed by atoms with Gasteiger partial charge in [0.1, 0.15) is 5.56 Å². The molecule has 0 unspecified atom stereocenters. The molecule has 1 heterocycles. The molecule has 4 aromatic rings.